The number of carbonyl (C=O) groups excluding carboxylic acids is 4. The van der Waals surface area contributed by atoms with Crippen LogP contribution in [-0.4, -0.2) is 40.1 Å². The second-order valence-electron chi connectivity index (χ2n) is 9.42. The van der Waals surface area contributed by atoms with Crippen LogP contribution in [0.5, 0.6) is 0 Å². The number of ketones is 1. The van der Waals surface area contributed by atoms with Crippen LogP contribution in [0.4, 0.5) is 0 Å². The molecule has 8 heteroatoms. The number of carbonyl (C=O) groups is 4. The number of imide groups is 1. The summed E-state index contributed by atoms with van der Waals surface area (Å²) in [6.07, 6.45) is 5.16. The molecule has 6 nitrogen and oxygen atoms in total. The molecule has 7 rings (SSSR count). The molecule has 34 heavy (non-hydrogen) atoms. The zero-order valence-corrected chi connectivity index (χ0v) is 19.4. The van der Waals surface area contributed by atoms with Crippen LogP contribution >= 0.6 is 23.2 Å². The number of hydrazine groups is 1. The Morgan fingerprint density at radius 2 is 1.47 bits per heavy atom. The van der Waals surface area contributed by atoms with Crippen molar-refractivity contribution in [3.8, 4) is 0 Å². The van der Waals surface area contributed by atoms with Gasteiger partial charge >= 0.3 is 0 Å². The zero-order chi connectivity index (χ0) is 23.7. The minimum Gasteiger partial charge on any atom is -0.292 e. The summed E-state index contributed by atoms with van der Waals surface area (Å²) in [4.78, 5) is 54.1. The highest BCUT2D eigenvalue weighted by molar-refractivity contribution is 6.34. The second-order valence-corrected chi connectivity index (χ2v) is 10.3. The van der Waals surface area contributed by atoms with Gasteiger partial charge in [-0.1, -0.05) is 47.5 Å². The van der Waals surface area contributed by atoms with Crippen molar-refractivity contribution in [3.05, 3.63) is 81.9 Å². The van der Waals surface area contributed by atoms with E-state index in [2.05, 4.69) is 12.2 Å². The first-order valence-corrected chi connectivity index (χ1v) is 12.0. The molecule has 2 saturated carbocycles. The number of hydrogen-bond acceptors (Lipinski definition) is 4. The maximum Gasteiger partial charge on any atom is 0.274 e. The summed E-state index contributed by atoms with van der Waals surface area (Å²) in [5.41, 5.74) is 0.438. The van der Waals surface area contributed by atoms with Crippen LogP contribution in [-0.2, 0) is 9.59 Å². The number of nitrogens with zero attached hydrogens (tertiary/aromatic N) is 2. The van der Waals surface area contributed by atoms with Crippen molar-refractivity contribution in [3.63, 3.8) is 0 Å². The standard InChI is InChI=1S/C26H20Cl2N2O4/c27-14-7-5-13(6-8-14)21(31)12-29(24(32)17-3-1-2-4-20(17)28)30-25(33)22-15-9-10-16(19-11-18(15)19)23(22)26(30)34/h1-10,15-16,18-19,22-23H,11-12H2/t15-,16-,18-,19+,22+,23+/m0/s1. The average molecular weight is 495 g/mol. The Kier molecular flexibility index (Phi) is 4.94. The average Bonchev–Trinajstić information content (AvgIpc) is 3.61. The number of halogens is 2. The summed E-state index contributed by atoms with van der Waals surface area (Å²) >= 11 is 12.2. The van der Waals surface area contributed by atoms with Gasteiger partial charge in [0.25, 0.3) is 17.7 Å². The quantitative estimate of drug-likeness (QED) is 0.353. The van der Waals surface area contributed by atoms with Crippen LogP contribution in [0.15, 0.2) is 60.7 Å². The third kappa shape index (κ3) is 3.16. The van der Waals surface area contributed by atoms with E-state index < -0.39 is 41.9 Å². The van der Waals surface area contributed by atoms with E-state index in [0.29, 0.717) is 22.4 Å². The monoisotopic (exact) mass is 494 g/mol. The first-order chi connectivity index (χ1) is 16.4. The molecule has 0 spiro atoms. The van der Waals surface area contributed by atoms with Gasteiger partial charge in [-0.2, -0.15) is 5.01 Å². The van der Waals surface area contributed by atoms with Gasteiger partial charge < -0.3 is 0 Å². The fourth-order valence-electron chi connectivity index (χ4n) is 6.05. The summed E-state index contributed by atoms with van der Waals surface area (Å²) < 4.78 is 0. The highest BCUT2D eigenvalue weighted by Gasteiger charge is 2.68. The molecule has 0 unspecified atom stereocenters. The van der Waals surface area contributed by atoms with Gasteiger partial charge in [-0.3, -0.25) is 19.2 Å². The molecule has 2 aromatic rings. The largest absolute Gasteiger partial charge is 0.292 e. The lowest BCUT2D eigenvalue weighted by Gasteiger charge is -2.37. The fourth-order valence-corrected chi connectivity index (χ4v) is 6.39. The van der Waals surface area contributed by atoms with E-state index in [1.165, 1.54) is 6.07 Å². The Bertz CT molecular complexity index is 1240. The van der Waals surface area contributed by atoms with Crippen LogP contribution in [0.25, 0.3) is 0 Å². The molecule has 3 fully saturated rings. The molecule has 5 aliphatic rings. The van der Waals surface area contributed by atoms with Crippen LogP contribution in [0.1, 0.15) is 27.1 Å². The molecular weight excluding hydrogens is 475 g/mol. The second kappa shape index (κ2) is 7.79. The molecule has 0 N–H and O–H groups in total. The number of Topliss-reactive ketones (excluding diaryl/α,β-unsaturated/α-hetero) is 1. The first-order valence-electron chi connectivity index (χ1n) is 11.3. The number of amides is 3. The predicted molar refractivity (Wildman–Crippen MR) is 125 cm³/mol. The fraction of sp³-hybridized carbons (Fsp3) is 0.308. The summed E-state index contributed by atoms with van der Waals surface area (Å²) in [7, 11) is 0. The molecule has 2 aromatic carbocycles. The molecule has 1 aliphatic heterocycles. The highest BCUT2D eigenvalue weighted by Crippen LogP contribution is 2.65. The lowest BCUT2D eigenvalue weighted by Crippen LogP contribution is -2.52. The number of hydrogen-bond donors (Lipinski definition) is 0. The lowest BCUT2D eigenvalue weighted by atomic mass is 9.63. The van der Waals surface area contributed by atoms with Crippen molar-refractivity contribution < 1.29 is 19.2 Å². The SMILES string of the molecule is O=C(CN(C(=O)c1ccccc1Cl)N1C(=O)[C@@H]2[C@H]3C=C[C@@H]([C@@H]4C[C@H]34)[C@H]2C1=O)c1ccc(Cl)cc1. The highest BCUT2D eigenvalue weighted by atomic mass is 35.5. The van der Waals surface area contributed by atoms with E-state index in [0.717, 1.165) is 16.4 Å². The summed E-state index contributed by atoms with van der Waals surface area (Å²) in [6, 6.07) is 12.6. The van der Waals surface area contributed by atoms with Gasteiger partial charge in [0.05, 0.1) is 22.4 Å². The van der Waals surface area contributed by atoms with E-state index in [-0.39, 0.29) is 22.4 Å². The van der Waals surface area contributed by atoms with Gasteiger partial charge in [-0.15, -0.1) is 0 Å². The Labute approximate surface area is 206 Å². The predicted octanol–water partition coefficient (Wildman–Crippen LogP) is 4.29. The van der Waals surface area contributed by atoms with E-state index in [9.17, 15) is 19.2 Å². The molecule has 2 bridgehead atoms. The Hall–Kier alpha value is -2.96. The van der Waals surface area contributed by atoms with Gasteiger partial charge in [0, 0.05) is 10.6 Å². The van der Waals surface area contributed by atoms with Crippen molar-refractivity contribution in [2.24, 2.45) is 35.5 Å². The first kappa shape index (κ1) is 21.6. The minimum absolute atomic E-state index is 0.00526. The summed E-state index contributed by atoms with van der Waals surface area (Å²) in [5, 5.41) is 2.55. The van der Waals surface area contributed by atoms with Gasteiger partial charge in [-0.25, -0.2) is 5.01 Å². The summed E-state index contributed by atoms with van der Waals surface area (Å²) in [6.45, 7) is -0.474. The van der Waals surface area contributed by atoms with Crippen molar-refractivity contribution in [2.45, 2.75) is 6.42 Å². The van der Waals surface area contributed by atoms with Crippen molar-refractivity contribution in [2.75, 3.05) is 6.54 Å². The number of benzene rings is 2. The third-order valence-electron chi connectivity index (χ3n) is 7.68. The lowest BCUT2D eigenvalue weighted by molar-refractivity contribution is -0.154. The van der Waals surface area contributed by atoms with E-state index >= 15 is 0 Å². The normalized spacial score (nSPS) is 30.2. The van der Waals surface area contributed by atoms with Gasteiger partial charge in [-0.05, 0) is 66.5 Å². The third-order valence-corrected chi connectivity index (χ3v) is 8.26. The molecule has 4 aliphatic carbocycles. The zero-order valence-electron chi connectivity index (χ0n) is 17.9. The van der Waals surface area contributed by atoms with E-state index in [1.54, 1.807) is 42.5 Å². The van der Waals surface area contributed by atoms with Gasteiger partial charge in [0.2, 0.25) is 0 Å². The Balaban J connectivity index is 1.37. The molecule has 172 valence electrons. The van der Waals surface area contributed by atoms with Crippen LogP contribution < -0.4 is 0 Å². The van der Waals surface area contributed by atoms with Crippen molar-refractivity contribution in [1.29, 1.82) is 0 Å². The molecular formula is C26H20Cl2N2O4. The van der Waals surface area contributed by atoms with E-state index in [4.69, 9.17) is 23.2 Å². The molecule has 0 radical (unpaired) electrons. The summed E-state index contributed by atoms with van der Waals surface area (Å²) in [5.74, 6) is -2.02. The molecule has 3 amide bonds. The van der Waals surface area contributed by atoms with Crippen molar-refractivity contribution in [1.82, 2.24) is 10.0 Å². The van der Waals surface area contributed by atoms with Crippen LogP contribution in [0.3, 0.4) is 0 Å². The number of rotatable bonds is 5. The Morgan fingerprint density at radius 1 is 0.882 bits per heavy atom. The van der Waals surface area contributed by atoms with Gasteiger partial charge in [0.15, 0.2) is 5.78 Å². The topological polar surface area (TPSA) is 74.8 Å². The van der Waals surface area contributed by atoms with Gasteiger partial charge in [0.1, 0.15) is 6.54 Å². The molecule has 0 aromatic heterocycles. The van der Waals surface area contributed by atoms with Crippen LogP contribution in [0, 0.1) is 35.5 Å². The minimum atomic E-state index is -0.668. The smallest absolute Gasteiger partial charge is 0.274 e. The van der Waals surface area contributed by atoms with Crippen LogP contribution in [0.2, 0.25) is 10.0 Å². The molecule has 6 atom stereocenters. The Morgan fingerprint density at radius 3 is 2.06 bits per heavy atom. The molecule has 1 heterocycles. The van der Waals surface area contributed by atoms with E-state index in [1.807, 2.05) is 0 Å². The maximum absolute atomic E-state index is 13.6. The van der Waals surface area contributed by atoms with Crippen molar-refractivity contribution >= 4 is 46.7 Å². The number of allylic oxidation sites excluding steroid dienone is 2. The maximum atomic E-state index is 13.6. The molecule has 1 saturated heterocycles.